The summed E-state index contributed by atoms with van der Waals surface area (Å²) >= 11 is 0. The number of hydrogen-bond donors (Lipinski definition) is 0. The molecule has 10 nitrogen and oxygen atoms in total. The lowest BCUT2D eigenvalue weighted by atomic mass is 10.2. The van der Waals surface area contributed by atoms with Crippen molar-refractivity contribution in [2.75, 3.05) is 112 Å². The molecule has 218 valence electrons. The zero-order valence-electron chi connectivity index (χ0n) is 22.9. The van der Waals surface area contributed by atoms with Crippen LogP contribution in [0.5, 0.6) is 0 Å². The molecule has 0 aliphatic rings. The third-order valence-corrected chi connectivity index (χ3v) is 4.79. The highest BCUT2D eigenvalue weighted by Crippen LogP contribution is 1.99. The Morgan fingerprint density at radius 1 is 0.526 bits per heavy atom. The molecular weight excluding hydrogens is 496 g/mol. The fourth-order valence-electron chi connectivity index (χ4n) is 2.79. The zero-order valence-corrected chi connectivity index (χ0v) is 22.9. The average molecular weight is 543 g/mol. The van der Waals surface area contributed by atoms with Gasteiger partial charge in [0.15, 0.2) is 0 Å². The molecule has 0 spiro atoms. The summed E-state index contributed by atoms with van der Waals surface area (Å²) in [4.78, 5) is 11.2. The van der Waals surface area contributed by atoms with Gasteiger partial charge in [0, 0.05) is 5.57 Å². The van der Waals surface area contributed by atoms with E-state index < -0.39 is 5.97 Å². The number of carbonyl (C=O) groups excluding carboxylic acids is 1. The molecular formula is C28H46O10. The highest BCUT2D eigenvalue weighted by atomic mass is 16.6. The summed E-state index contributed by atoms with van der Waals surface area (Å²) in [6, 6.07) is 10.3. The molecule has 0 aliphatic carbocycles. The van der Waals surface area contributed by atoms with Crippen molar-refractivity contribution in [1.29, 1.82) is 0 Å². The second-order valence-corrected chi connectivity index (χ2v) is 8.05. The SMILES string of the molecule is C=C(C)C(=O)OCCOCCOCCOCCOCCOCCOCCOCCOCCc1ccccc1. The number of hydrogen-bond acceptors (Lipinski definition) is 10. The lowest BCUT2D eigenvalue weighted by Gasteiger charge is -2.09. The van der Waals surface area contributed by atoms with Crippen molar-refractivity contribution in [3.05, 3.63) is 48.0 Å². The van der Waals surface area contributed by atoms with E-state index in [4.69, 9.17) is 42.6 Å². The van der Waals surface area contributed by atoms with Gasteiger partial charge in [-0.3, -0.25) is 0 Å². The van der Waals surface area contributed by atoms with E-state index in [-0.39, 0.29) is 6.61 Å². The highest BCUT2D eigenvalue weighted by Gasteiger charge is 2.02. The highest BCUT2D eigenvalue weighted by molar-refractivity contribution is 5.86. The van der Waals surface area contributed by atoms with Gasteiger partial charge in [-0.2, -0.15) is 0 Å². The molecule has 0 N–H and O–H groups in total. The molecule has 0 bridgehead atoms. The summed E-state index contributed by atoms with van der Waals surface area (Å²) in [5.41, 5.74) is 1.65. The van der Waals surface area contributed by atoms with Crippen LogP contribution in [0.4, 0.5) is 0 Å². The fraction of sp³-hybridized carbons (Fsp3) is 0.679. The number of esters is 1. The van der Waals surface area contributed by atoms with E-state index in [1.54, 1.807) is 6.92 Å². The Balaban J connectivity index is 1.65. The van der Waals surface area contributed by atoms with Crippen LogP contribution in [0.15, 0.2) is 42.5 Å². The number of ether oxygens (including phenoxy) is 9. The molecule has 0 aliphatic heterocycles. The molecule has 1 aromatic rings. The van der Waals surface area contributed by atoms with Gasteiger partial charge < -0.3 is 42.6 Å². The molecule has 0 fully saturated rings. The molecule has 0 radical (unpaired) electrons. The van der Waals surface area contributed by atoms with Crippen LogP contribution in [0.25, 0.3) is 0 Å². The maximum absolute atomic E-state index is 11.2. The van der Waals surface area contributed by atoms with Crippen LogP contribution < -0.4 is 0 Å². The Morgan fingerprint density at radius 3 is 1.18 bits per heavy atom. The van der Waals surface area contributed by atoms with E-state index in [1.807, 2.05) is 18.2 Å². The molecule has 1 aromatic carbocycles. The minimum Gasteiger partial charge on any atom is -0.460 e. The van der Waals surface area contributed by atoms with Gasteiger partial charge in [0.1, 0.15) is 6.61 Å². The molecule has 1 rings (SSSR count). The number of carbonyl (C=O) groups is 1. The van der Waals surface area contributed by atoms with Gasteiger partial charge in [-0.25, -0.2) is 4.79 Å². The molecule has 0 unspecified atom stereocenters. The lowest BCUT2D eigenvalue weighted by Crippen LogP contribution is -2.15. The first-order valence-corrected chi connectivity index (χ1v) is 13.2. The van der Waals surface area contributed by atoms with E-state index in [0.29, 0.717) is 111 Å². The van der Waals surface area contributed by atoms with Gasteiger partial charge in [0.25, 0.3) is 0 Å². The lowest BCUT2D eigenvalue weighted by molar-refractivity contribution is -0.140. The minimum absolute atomic E-state index is 0.205. The van der Waals surface area contributed by atoms with Crippen LogP contribution in [-0.2, 0) is 53.8 Å². The van der Waals surface area contributed by atoms with E-state index in [0.717, 1.165) is 6.42 Å². The van der Waals surface area contributed by atoms with Crippen LogP contribution in [0, 0.1) is 0 Å². The van der Waals surface area contributed by atoms with Crippen LogP contribution in [-0.4, -0.2) is 118 Å². The summed E-state index contributed by atoms with van der Waals surface area (Å²) < 4.78 is 48.4. The zero-order chi connectivity index (χ0) is 27.4. The van der Waals surface area contributed by atoms with Crippen molar-refractivity contribution in [2.45, 2.75) is 13.3 Å². The van der Waals surface area contributed by atoms with Crippen LogP contribution in [0.3, 0.4) is 0 Å². The van der Waals surface area contributed by atoms with Gasteiger partial charge in [-0.15, -0.1) is 0 Å². The Bertz CT molecular complexity index is 671. The van der Waals surface area contributed by atoms with Gasteiger partial charge >= 0.3 is 5.97 Å². The van der Waals surface area contributed by atoms with Crippen LogP contribution in [0.2, 0.25) is 0 Å². The van der Waals surface area contributed by atoms with Crippen LogP contribution in [0.1, 0.15) is 12.5 Å². The Morgan fingerprint density at radius 2 is 0.842 bits per heavy atom. The molecule has 10 heteroatoms. The summed E-state index contributed by atoms with van der Waals surface area (Å²) in [6.07, 6.45) is 0.913. The molecule has 38 heavy (non-hydrogen) atoms. The normalized spacial score (nSPS) is 11.1. The predicted octanol–water partition coefficient (Wildman–Crippen LogP) is 2.48. The van der Waals surface area contributed by atoms with Gasteiger partial charge in [0.2, 0.25) is 0 Å². The Kier molecular flexibility index (Phi) is 24.0. The summed E-state index contributed by atoms with van der Waals surface area (Å²) in [6.45, 7) is 13.5. The topological polar surface area (TPSA) is 100 Å². The first-order chi connectivity index (χ1) is 18.7. The fourth-order valence-corrected chi connectivity index (χ4v) is 2.79. The van der Waals surface area contributed by atoms with Crippen LogP contribution >= 0.6 is 0 Å². The molecule has 0 amide bonds. The predicted molar refractivity (Wildman–Crippen MR) is 142 cm³/mol. The molecule has 0 atom stereocenters. The van der Waals surface area contributed by atoms with E-state index in [1.165, 1.54) is 5.56 Å². The number of rotatable bonds is 28. The van der Waals surface area contributed by atoms with Crippen molar-refractivity contribution >= 4 is 5.97 Å². The van der Waals surface area contributed by atoms with E-state index in [9.17, 15) is 4.79 Å². The quantitative estimate of drug-likeness (QED) is 0.0892. The monoisotopic (exact) mass is 542 g/mol. The smallest absolute Gasteiger partial charge is 0.333 e. The molecule has 0 heterocycles. The third kappa shape index (κ3) is 23.2. The van der Waals surface area contributed by atoms with Gasteiger partial charge in [0.05, 0.1) is 106 Å². The largest absolute Gasteiger partial charge is 0.460 e. The summed E-state index contributed by atoms with van der Waals surface area (Å²) in [5, 5.41) is 0. The maximum atomic E-state index is 11.2. The maximum Gasteiger partial charge on any atom is 0.333 e. The number of benzene rings is 1. The van der Waals surface area contributed by atoms with E-state index >= 15 is 0 Å². The van der Waals surface area contributed by atoms with Crippen molar-refractivity contribution in [3.8, 4) is 0 Å². The van der Waals surface area contributed by atoms with Crippen molar-refractivity contribution in [2.24, 2.45) is 0 Å². The Labute approximate surface area is 227 Å². The molecule has 0 saturated heterocycles. The summed E-state index contributed by atoms with van der Waals surface area (Å²) in [5.74, 6) is -0.409. The molecule has 0 saturated carbocycles. The second-order valence-electron chi connectivity index (χ2n) is 8.05. The van der Waals surface area contributed by atoms with E-state index in [2.05, 4.69) is 18.7 Å². The third-order valence-electron chi connectivity index (χ3n) is 4.79. The van der Waals surface area contributed by atoms with Crippen molar-refractivity contribution in [1.82, 2.24) is 0 Å². The van der Waals surface area contributed by atoms with Gasteiger partial charge in [-0.05, 0) is 18.9 Å². The van der Waals surface area contributed by atoms with Gasteiger partial charge in [-0.1, -0.05) is 36.9 Å². The minimum atomic E-state index is -0.409. The molecule has 0 aromatic heterocycles. The van der Waals surface area contributed by atoms with Crippen molar-refractivity contribution < 1.29 is 47.4 Å². The standard InChI is InChI=1S/C28H46O10/c1-26(2)28(29)38-25-24-37-23-22-36-21-20-35-19-18-34-17-16-33-15-14-32-13-12-31-11-10-30-9-8-27-6-4-3-5-7-27/h3-7H,1,8-25H2,2H3. The first kappa shape index (κ1) is 34.1. The second kappa shape index (κ2) is 26.7. The van der Waals surface area contributed by atoms with Crippen molar-refractivity contribution in [3.63, 3.8) is 0 Å². The average Bonchev–Trinajstić information content (AvgIpc) is 2.93. The Hall–Kier alpha value is -1.89. The first-order valence-electron chi connectivity index (χ1n) is 13.2. The summed E-state index contributed by atoms with van der Waals surface area (Å²) in [7, 11) is 0.